The Kier molecular flexibility index (Phi) is 6.55. The molecule has 1 fully saturated rings. The molecule has 2 aromatic carbocycles. The van der Waals surface area contributed by atoms with Crippen molar-refractivity contribution in [2.75, 3.05) is 26.8 Å². The van der Waals surface area contributed by atoms with Crippen LogP contribution in [0.1, 0.15) is 62.4 Å². The van der Waals surface area contributed by atoms with Gasteiger partial charge in [0, 0.05) is 13.7 Å². The van der Waals surface area contributed by atoms with Crippen molar-refractivity contribution in [3.05, 3.63) is 70.8 Å². The average Bonchev–Trinajstić information content (AvgIpc) is 3.44. The number of carbonyl (C=O) groups is 4. The fourth-order valence-corrected chi connectivity index (χ4v) is 4.06. The standard InChI is InChI=1S/C25H26N2O6/c1-16(17-7-4-3-5-8-17)26(2)22(28)15-33-25(31)18-10-11-20-21(13-18)24(30)27(23(20)29)14-19-9-6-12-32-19/h3-5,7-8,10-11,13,16,19H,6,9,12,14-15H2,1-2H3. The maximum atomic E-state index is 12.8. The van der Waals surface area contributed by atoms with Gasteiger partial charge in [-0.3, -0.25) is 19.3 Å². The fourth-order valence-electron chi connectivity index (χ4n) is 4.06. The number of rotatable bonds is 7. The van der Waals surface area contributed by atoms with Gasteiger partial charge in [-0.1, -0.05) is 30.3 Å². The van der Waals surface area contributed by atoms with Crippen molar-refractivity contribution in [2.24, 2.45) is 0 Å². The molecule has 3 amide bonds. The normalized spacial score (nSPS) is 18.2. The molecule has 0 bridgehead atoms. The molecular weight excluding hydrogens is 424 g/mol. The number of ether oxygens (including phenoxy) is 2. The first kappa shape index (κ1) is 22.7. The SMILES string of the molecule is CC(c1ccccc1)N(C)C(=O)COC(=O)c1ccc2c(c1)C(=O)N(CC1CCCO1)C2=O. The van der Waals surface area contributed by atoms with E-state index in [0.29, 0.717) is 6.61 Å². The molecule has 0 aliphatic carbocycles. The van der Waals surface area contributed by atoms with Gasteiger partial charge in [0.2, 0.25) is 0 Å². The van der Waals surface area contributed by atoms with Crippen LogP contribution in [0.25, 0.3) is 0 Å². The van der Waals surface area contributed by atoms with Gasteiger partial charge in [-0.05, 0) is 43.5 Å². The first-order valence-electron chi connectivity index (χ1n) is 11.0. The molecule has 1 saturated heterocycles. The molecule has 0 aromatic heterocycles. The second-order valence-electron chi connectivity index (χ2n) is 8.28. The summed E-state index contributed by atoms with van der Waals surface area (Å²) in [5.41, 5.74) is 1.49. The van der Waals surface area contributed by atoms with Gasteiger partial charge >= 0.3 is 5.97 Å². The van der Waals surface area contributed by atoms with E-state index in [-0.39, 0.29) is 41.3 Å². The molecule has 0 N–H and O–H groups in total. The smallest absolute Gasteiger partial charge is 0.338 e. The van der Waals surface area contributed by atoms with Gasteiger partial charge in [-0.2, -0.15) is 0 Å². The van der Waals surface area contributed by atoms with Crippen LogP contribution in [0.15, 0.2) is 48.5 Å². The summed E-state index contributed by atoms with van der Waals surface area (Å²) in [5, 5.41) is 0. The van der Waals surface area contributed by atoms with Crippen molar-refractivity contribution in [3.63, 3.8) is 0 Å². The van der Waals surface area contributed by atoms with Crippen molar-refractivity contribution in [2.45, 2.75) is 31.9 Å². The topological polar surface area (TPSA) is 93.2 Å². The first-order valence-corrected chi connectivity index (χ1v) is 11.0. The third-order valence-corrected chi connectivity index (χ3v) is 6.20. The Balaban J connectivity index is 1.38. The van der Waals surface area contributed by atoms with Crippen molar-refractivity contribution in [1.29, 1.82) is 0 Å². The van der Waals surface area contributed by atoms with E-state index in [4.69, 9.17) is 9.47 Å². The molecule has 2 aromatic rings. The summed E-state index contributed by atoms with van der Waals surface area (Å²) >= 11 is 0. The summed E-state index contributed by atoms with van der Waals surface area (Å²) in [6, 6.07) is 13.6. The molecule has 2 heterocycles. The molecule has 8 heteroatoms. The Labute approximate surface area is 192 Å². The van der Waals surface area contributed by atoms with Crippen LogP contribution >= 0.6 is 0 Å². The lowest BCUT2D eigenvalue weighted by molar-refractivity contribution is -0.135. The third-order valence-electron chi connectivity index (χ3n) is 6.20. The number of carbonyl (C=O) groups excluding carboxylic acids is 4. The number of nitrogens with zero attached hydrogens (tertiary/aromatic N) is 2. The minimum absolute atomic E-state index is 0.112. The van der Waals surface area contributed by atoms with Crippen molar-refractivity contribution in [3.8, 4) is 0 Å². The minimum atomic E-state index is -0.732. The summed E-state index contributed by atoms with van der Waals surface area (Å²) in [4.78, 5) is 53.1. The molecule has 2 atom stereocenters. The zero-order valence-corrected chi connectivity index (χ0v) is 18.7. The van der Waals surface area contributed by atoms with Crippen LogP contribution < -0.4 is 0 Å². The number of hydrogen-bond donors (Lipinski definition) is 0. The molecule has 8 nitrogen and oxygen atoms in total. The van der Waals surface area contributed by atoms with E-state index in [0.717, 1.165) is 18.4 Å². The summed E-state index contributed by atoms with van der Waals surface area (Å²) in [7, 11) is 1.65. The van der Waals surface area contributed by atoms with E-state index in [1.807, 2.05) is 37.3 Å². The van der Waals surface area contributed by atoms with Crippen LogP contribution in [0, 0.1) is 0 Å². The number of likely N-dealkylation sites (N-methyl/N-ethyl adjacent to an activating group) is 1. The Morgan fingerprint density at radius 1 is 1.12 bits per heavy atom. The van der Waals surface area contributed by atoms with Crippen LogP contribution in [-0.2, 0) is 14.3 Å². The van der Waals surface area contributed by atoms with Gasteiger partial charge in [0.15, 0.2) is 6.61 Å². The number of esters is 1. The predicted molar refractivity (Wildman–Crippen MR) is 119 cm³/mol. The highest BCUT2D eigenvalue weighted by Crippen LogP contribution is 2.26. The van der Waals surface area contributed by atoms with Crippen LogP contribution in [0.3, 0.4) is 0 Å². The second kappa shape index (κ2) is 9.54. The van der Waals surface area contributed by atoms with Gasteiger partial charge in [0.1, 0.15) is 0 Å². The summed E-state index contributed by atoms with van der Waals surface area (Å²) < 4.78 is 10.7. The lowest BCUT2D eigenvalue weighted by atomic mass is 10.1. The highest BCUT2D eigenvalue weighted by atomic mass is 16.5. The maximum Gasteiger partial charge on any atom is 0.338 e. The molecule has 2 unspecified atom stereocenters. The zero-order chi connectivity index (χ0) is 23.5. The number of amides is 3. The molecule has 0 radical (unpaired) electrons. The number of fused-ring (bicyclic) bond motifs is 1. The van der Waals surface area contributed by atoms with E-state index in [2.05, 4.69) is 0 Å². The van der Waals surface area contributed by atoms with Gasteiger partial charge in [-0.15, -0.1) is 0 Å². The predicted octanol–water partition coefficient (Wildman–Crippen LogP) is 2.84. The average molecular weight is 450 g/mol. The molecular formula is C25H26N2O6. The summed E-state index contributed by atoms with van der Waals surface area (Å²) in [6.45, 7) is 2.29. The van der Waals surface area contributed by atoms with Crippen LogP contribution in [-0.4, -0.2) is 66.4 Å². The maximum absolute atomic E-state index is 12.8. The summed E-state index contributed by atoms with van der Waals surface area (Å²) in [6.07, 6.45) is 1.55. The second-order valence-corrected chi connectivity index (χ2v) is 8.28. The fraction of sp³-hybridized carbons (Fsp3) is 0.360. The molecule has 2 aliphatic rings. The van der Waals surface area contributed by atoms with Crippen molar-refractivity contribution in [1.82, 2.24) is 9.80 Å². The lowest BCUT2D eigenvalue weighted by Gasteiger charge is -2.25. The van der Waals surface area contributed by atoms with Crippen molar-refractivity contribution < 1.29 is 28.7 Å². The zero-order valence-electron chi connectivity index (χ0n) is 18.7. The van der Waals surface area contributed by atoms with Crippen LogP contribution in [0.2, 0.25) is 0 Å². The number of benzene rings is 2. The Morgan fingerprint density at radius 3 is 2.55 bits per heavy atom. The molecule has 172 valence electrons. The molecule has 0 spiro atoms. The van der Waals surface area contributed by atoms with Gasteiger partial charge in [-0.25, -0.2) is 4.79 Å². The molecule has 4 rings (SSSR count). The lowest BCUT2D eigenvalue weighted by Crippen LogP contribution is -2.36. The van der Waals surface area contributed by atoms with E-state index in [1.165, 1.54) is 28.0 Å². The van der Waals surface area contributed by atoms with Crippen molar-refractivity contribution >= 4 is 23.7 Å². The van der Waals surface area contributed by atoms with E-state index < -0.39 is 24.4 Å². The molecule has 33 heavy (non-hydrogen) atoms. The highest BCUT2D eigenvalue weighted by molar-refractivity contribution is 6.22. The third kappa shape index (κ3) is 4.66. The Morgan fingerprint density at radius 2 is 1.85 bits per heavy atom. The van der Waals surface area contributed by atoms with Gasteiger partial charge in [0.25, 0.3) is 17.7 Å². The summed E-state index contributed by atoms with van der Waals surface area (Å²) in [5.74, 6) is -1.93. The first-order chi connectivity index (χ1) is 15.9. The number of imide groups is 1. The Hall–Kier alpha value is -3.52. The Bertz CT molecular complexity index is 1080. The molecule has 2 aliphatic heterocycles. The van der Waals surface area contributed by atoms with Gasteiger partial charge in [0.05, 0.1) is 35.4 Å². The molecule has 0 saturated carbocycles. The quantitative estimate of drug-likeness (QED) is 0.476. The van der Waals surface area contributed by atoms with E-state index >= 15 is 0 Å². The largest absolute Gasteiger partial charge is 0.452 e. The number of hydrogen-bond acceptors (Lipinski definition) is 6. The van der Waals surface area contributed by atoms with Crippen LogP contribution in [0.4, 0.5) is 0 Å². The minimum Gasteiger partial charge on any atom is -0.452 e. The van der Waals surface area contributed by atoms with Gasteiger partial charge < -0.3 is 14.4 Å². The highest BCUT2D eigenvalue weighted by Gasteiger charge is 2.38. The monoisotopic (exact) mass is 450 g/mol. The van der Waals surface area contributed by atoms with E-state index in [9.17, 15) is 19.2 Å². The van der Waals surface area contributed by atoms with Crippen LogP contribution in [0.5, 0.6) is 0 Å². The van der Waals surface area contributed by atoms with E-state index in [1.54, 1.807) is 7.05 Å².